The number of halogens is 2. The summed E-state index contributed by atoms with van der Waals surface area (Å²) in [5, 5.41) is 12.7. The Morgan fingerprint density at radius 1 is 0.600 bits per heavy atom. The lowest BCUT2D eigenvalue weighted by molar-refractivity contribution is 0.0942. The molecule has 17 nitrogen and oxygen atoms in total. The maximum absolute atomic E-state index is 13.3. The van der Waals surface area contributed by atoms with E-state index < -0.39 is 11.8 Å². The first-order valence-electron chi connectivity index (χ1n) is 16.4. The largest absolute Gasteiger partial charge is 0.495 e. The lowest BCUT2D eigenvalue weighted by atomic mass is 10.2. The van der Waals surface area contributed by atoms with Crippen molar-refractivity contribution in [2.75, 3.05) is 24.9 Å². The van der Waals surface area contributed by atoms with Crippen LogP contribution in [0, 0.1) is 0 Å². The van der Waals surface area contributed by atoms with Crippen molar-refractivity contribution in [1.82, 2.24) is 50.5 Å². The number of methoxy groups -OCH3 is 2. The van der Waals surface area contributed by atoms with Gasteiger partial charge in [-0.15, -0.1) is 0 Å². The van der Waals surface area contributed by atoms with Gasteiger partial charge < -0.3 is 35.5 Å². The summed E-state index contributed by atoms with van der Waals surface area (Å²) >= 11 is 12.7. The molecule has 0 aliphatic carbocycles. The van der Waals surface area contributed by atoms with Crippen molar-refractivity contribution in [3.05, 3.63) is 130 Å². The van der Waals surface area contributed by atoms with Crippen LogP contribution < -0.4 is 35.5 Å². The molecule has 0 bridgehead atoms. The van der Waals surface area contributed by atoms with Gasteiger partial charge in [-0.1, -0.05) is 35.3 Å². The third-order valence-electron chi connectivity index (χ3n) is 7.61. The van der Waals surface area contributed by atoms with Crippen LogP contribution >= 0.6 is 23.2 Å². The summed E-state index contributed by atoms with van der Waals surface area (Å²) in [5.41, 5.74) is 1.78. The number of anilines is 2. The Hall–Kier alpha value is -6.72. The number of nitrogens with zero attached hydrogens (tertiary/aromatic N) is 8. The van der Waals surface area contributed by atoms with Crippen molar-refractivity contribution in [1.29, 1.82) is 0 Å². The van der Waals surface area contributed by atoms with Crippen molar-refractivity contribution in [3.63, 3.8) is 0 Å². The Bertz CT molecular complexity index is 2110. The molecule has 6 aromatic rings. The highest BCUT2D eigenvalue weighted by Gasteiger charge is 2.20. The highest BCUT2D eigenvalue weighted by Crippen LogP contribution is 2.28. The standard InChI is InChI=1S/C36H32Cl2N12O5/c1-53-27-7-5-21(13-25(27)37)15-43-31-23(33(51)45-19-29-39-9-3-10-40-29)17-47-35(49-31)55-36-48-18-24(34(52)46-20-30-41-11-4-12-42-30)32(50-36)44-16-22-6-8-28(54-2)26(38)14-22/h3-14,17-18H,15-16,19-20H2,1-2H3,(H,45,51)(H,46,52)(H,43,47,49)(H,44,48,50). The molecule has 2 amide bonds. The molecule has 6 rings (SSSR count). The first-order valence-corrected chi connectivity index (χ1v) is 17.2. The van der Waals surface area contributed by atoms with Gasteiger partial charge in [0.2, 0.25) is 0 Å². The van der Waals surface area contributed by atoms with Gasteiger partial charge in [0.1, 0.15) is 45.9 Å². The fraction of sp³-hybridized carbons (Fsp3) is 0.167. The van der Waals surface area contributed by atoms with Crippen LogP contribution in [0.4, 0.5) is 11.6 Å². The average Bonchev–Trinajstić information content (AvgIpc) is 3.21. The molecule has 0 radical (unpaired) electrons. The van der Waals surface area contributed by atoms with Crippen LogP contribution in [0.25, 0.3) is 0 Å². The van der Waals surface area contributed by atoms with Gasteiger partial charge in [-0.05, 0) is 47.5 Å². The molecule has 4 N–H and O–H groups in total. The van der Waals surface area contributed by atoms with E-state index in [0.717, 1.165) is 11.1 Å². The molecule has 4 aromatic heterocycles. The van der Waals surface area contributed by atoms with Crippen molar-refractivity contribution < 1.29 is 23.8 Å². The summed E-state index contributed by atoms with van der Waals surface area (Å²) in [4.78, 5) is 60.7. The van der Waals surface area contributed by atoms with E-state index in [0.29, 0.717) is 33.2 Å². The van der Waals surface area contributed by atoms with Crippen molar-refractivity contribution in [2.45, 2.75) is 26.2 Å². The number of rotatable bonds is 16. The van der Waals surface area contributed by atoms with Crippen LogP contribution in [0.5, 0.6) is 23.5 Å². The van der Waals surface area contributed by atoms with Gasteiger partial charge in [0.25, 0.3) is 11.8 Å². The summed E-state index contributed by atoms with van der Waals surface area (Å²) in [6, 6.07) is 13.5. The van der Waals surface area contributed by atoms with Crippen LogP contribution in [0.3, 0.4) is 0 Å². The van der Waals surface area contributed by atoms with Gasteiger partial charge in [-0.25, -0.2) is 29.9 Å². The molecule has 0 saturated heterocycles. The highest BCUT2D eigenvalue weighted by atomic mass is 35.5. The Labute approximate surface area is 324 Å². The molecule has 4 heterocycles. The predicted molar refractivity (Wildman–Crippen MR) is 201 cm³/mol. The molecule has 2 aromatic carbocycles. The second kappa shape index (κ2) is 18.4. The van der Waals surface area contributed by atoms with Crippen LogP contribution in [0.2, 0.25) is 10.0 Å². The second-order valence-corrected chi connectivity index (χ2v) is 12.1. The van der Waals surface area contributed by atoms with Gasteiger partial charge >= 0.3 is 12.0 Å². The summed E-state index contributed by atoms with van der Waals surface area (Å²) in [5.74, 6) is 1.15. The predicted octanol–water partition coefficient (Wildman–Crippen LogP) is 5.05. The maximum Gasteiger partial charge on any atom is 0.326 e. The van der Waals surface area contributed by atoms with E-state index in [9.17, 15) is 9.59 Å². The third kappa shape index (κ3) is 10.2. The number of hydrogen-bond donors (Lipinski definition) is 4. The van der Waals surface area contributed by atoms with Crippen molar-refractivity contribution in [3.8, 4) is 23.5 Å². The Morgan fingerprint density at radius 3 is 1.40 bits per heavy atom. The molecular weight excluding hydrogens is 751 g/mol. The summed E-state index contributed by atoms with van der Waals surface area (Å²) < 4.78 is 16.4. The minimum Gasteiger partial charge on any atom is -0.495 e. The van der Waals surface area contributed by atoms with Gasteiger partial charge in [0, 0.05) is 50.3 Å². The SMILES string of the molecule is COc1ccc(CNc2nc(Oc3ncc(C(=O)NCc4ncccn4)c(NCc4ccc(OC)c(Cl)c4)n3)ncc2C(=O)NCc2ncccn2)cc1Cl. The van der Waals surface area contributed by atoms with E-state index in [1.54, 1.807) is 61.2 Å². The fourth-order valence-corrected chi connectivity index (χ4v) is 5.44. The molecular formula is C36H32Cl2N12O5. The zero-order valence-corrected chi connectivity index (χ0v) is 30.8. The number of amides is 2. The quantitative estimate of drug-likeness (QED) is 0.101. The molecule has 55 heavy (non-hydrogen) atoms. The third-order valence-corrected chi connectivity index (χ3v) is 8.20. The normalized spacial score (nSPS) is 10.6. The minimum atomic E-state index is -0.494. The molecule has 0 spiro atoms. The van der Waals surface area contributed by atoms with Gasteiger partial charge in [-0.3, -0.25) is 9.59 Å². The van der Waals surface area contributed by atoms with Crippen LogP contribution in [-0.2, 0) is 26.2 Å². The lowest BCUT2D eigenvalue weighted by Crippen LogP contribution is -2.26. The fourth-order valence-electron chi connectivity index (χ4n) is 4.88. The number of carbonyl (C=O) groups excluding carboxylic acids is 2. The van der Waals surface area contributed by atoms with Crippen LogP contribution in [0.15, 0.2) is 85.7 Å². The zero-order valence-electron chi connectivity index (χ0n) is 29.3. The minimum absolute atomic E-state index is 0.0656. The van der Waals surface area contributed by atoms with Crippen LogP contribution in [-0.4, -0.2) is 65.9 Å². The molecule has 0 aliphatic heterocycles. The van der Waals surface area contributed by atoms with Gasteiger partial charge in [0.05, 0.1) is 37.4 Å². The Balaban J connectivity index is 1.25. The molecule has 0 saturated carbocycles. The Kier molecular flexibility index (Phi) is 12.7. The Morgan fingerprint density at radius 2 is 1.02 bits per heavy atom. The van der Waals surface area contributed by atoms with Crippen molar-refractivity contribution in [2.24, 2.45) is 0 Å². The van der Waals surface area contributed by atoms with E-state index in [1.807, 2.05) is 12.1 Å². The number of aromatic nitrogens is 8. The maximum atomic E-state index is 13.3. The van der Waals surface area contributed by atoms with E-state index in [-0.39, 0.29) is 61.0 Å². The number of ether oxygens (including phenoxy) is 3. The number of nitrogens with one attached hydrogen (secondary N) is 4. The number of benzene rings is 2. The van der Waals surface area contributed by atoms with Crippen LogP contribution in [0.1, 0.15) is 43.5 Å². The van der Waals surface area contributed by atoms with E-state index in [1.165, 1.54) is 26.6 Å². The molecule has 0 aliphatic rings. The number of carbonyl (C=O) groups is 2. The molecule has 0 unspecified atom stereocenters. The van der Waals surface area contributed by atoms with Crippen molar-refractivity contribution >= 4 is 46.7 Å². The monoisotopic (exact) mass is 782 g/mol. The average molecular weight is 784 g/mol. The molecule has 0 atom stereocenters. The highest BCUT2D eigenvalue weighted by molar-refractivity contribution is 6.32. The molecule has 280 valence electrons. The smallest absolute Gasteiger partial charge is 0.326 e. The summed E-state index contributed by atoms with van der Waals surface area (Å²) in [7, 11) is 3.05. The van der Waals surface area contributed by atoms with Gasteiger partial charge in [0.15, 0.2) is 0 Å². The van der Waals surface area contributed by atoms with E-state index in [4.69, 9.17) is 37.4 Å². The topological polar surface area (TPSA) is 213 Å². The number of hydrogen-bond acceptors (Lipinski definition) is 15. The van der Waals surface area contributed by atoms with E-state index >= 15 is 0 Å². The summed E-state index contributed by atoms with van der Waals surface area (Å²) in [6.45, 7) is 0.576. The molecule has 19 heteroatoms. The lowest BCUT2D eigenvalue weighted by Gasteiger charge is -2.14. The zero-order chi connectivity index (χ0) is 38.6. The first kappa shape index (κ1) is 38.0. The summed E-state index contributed by atoms with van der Waals surface area (Å²) in [6.07, 6.45) is 8.90. The van der Waals surface area contributed by atoms with Gasteiger partial charge in [-0.2, -0.15) is 9.97 Å². The molecule has 0 fully saturated rings. The van der Waals surface area contributed by atoms with E-state index in [2.05, 4.69) is 61.1 Å². The first-order chi connectivity index (χ1) is 26.8. The second-order valence-electron chi connectivity index (χ2n) is 11.3.